The number of rotatable bonds is 5. The number of fused-ring (bicyclic) bond motifs is 1. The van der Waals surface area contributed by atoms with Crippen LogP contribution in [0.1, 0.15) is 52.0 Å². The maximum atomic E-state index is 13.0. The summed E-state index contributed by atoms with van der Waals surface area (Å²) in [4.78, 5) is 16.2. The molecule has 11 heteroatoms. The van der Waals surface area contributed by atoms with Crippen molar-refractivity contribution >= 4 is 5.91 Å². The van der Waals surface area contributed by atoms with Gasteiger partial charge in [-0.05, 0) is 37.5 Å². The first-order chi connectivity index (χ1) is 14.8. The van der Waals surface area contributed by atoms with E-state index >= 15 is 0 Å². The second kappa shape index (κ2) is 8.14. The molecule has 1 amide bonds. The molecule has 0 saturated carbocycles. The second-order valence-electron chi connectivity index (χ2n) is 7.37. The van der Waals surface area contributed by atoms with Gasteiger partial charge in [-0.1, -0.05) is 0 Å². The predicted octanol–water partition coefficient (Wildman–Crippen LogP) is 2.97. The van der Waals surface area contributed by atoms with Crippen molar-refractivity contribution < 1.29 is 22.7 Å². The minimum absolute atomic E-state index is 0.262. The van der Waals surface area contributed by atoms with E-state index in [0.717, 1.165) is 29.9 Å². The lowest BCUT2D eigenvalue weighted by molar-refractivity contribution is -0.141. The molecular formula is C20H21F3N6O2. The van der Waals surface area contributed by atoms with Crippen molar-refractivity contribution in [2.75, 3.05) is 7.11 Å². The molecule has 164 valence electrons. The summed E-state index contributed by atoms with van der Waals surface area (Å²) in [5, 5.41) is 11.7. The molecule has 0 aromatic carbocycles. The highest BCUT2D eigenvalue weighted by molar-refractivity contribution is 5.93. The van der Waals surface area contributed by atoms with Crippen LogP contribution >= 0.6 is 0 Å². The minimum Gasteiger partial charge on any atom is -0.378 e. The van der Waals surface area contributed by atoms with E-state index in [-0.39, 0.29) is 17.6 Å². The van der Waals surface area contributed by atoms with Gasteiger partial charge in [0, 0.05) is 32.1 Å². The number of aryl methyl sites for hydroxylation is 2. The number of pyridine rings is 1. The first-order valence-corrected chi connectivity index (χ1v) is 9.71. The maximum Gasteiger partial charge on any atom is 0.433 e. The van der Waals surface area contributed by atoms with E-state index in [1.165, 1.54) is 15.4 Å². The van der Waals surface area contributed by atoms with Crippen molar-refractivity contribution in [3.8, 4) is 5.69 Å². The van der Waals surface area contributed by atoms with Gasteiger partial charge in [0.15, 0.2) is 0 Å². The molecular weight excluding hydrogens is 413 g/mol. The van der Waals surface area contributed by atoms with Gasteiger partial charge in [0.2, 0.25) is 0 Å². The summed E-state index contributed by atoms with van der Waals surface area (Å²) in [7, 11) is 3.23. The molecule has 4 rings (SSSR count). The topological polar surface area (TPSA) is 86.9 Å². The van der Waals surface area contributed by atoms with Crippen LogP contribution in [0.15, 0.2) is 30.6 Å². The van der Waals surface area contributed by atoms with Gasteiger partial charge in [-0.2, -0.15) is 23.4 Å². The van der Waals surface area contributed by atoms with E-state index in [2.05, 4.69) is 20.5 Å². The Balaban J connectivity index is 1.58. The Kier molecular flexibility index (Phi) is 5.52. The number of halogens is 3. The maximum absolute atomic E-state index is 13.0. The molecule has 0 radical (unpaired) electrons. The summed E-state index contributed by atoms with van der Waals surface area (Å²) in [6, 6.07) is 3.80. The third kappa shape index (κ3) is 4.31. The van der Waals surface area contributed by atoms with Gasteiger partial charge in [-0.25, -0.2) is 4.68 Å². The highest BCUT2D eigenvalue weighted by atomic mass is 19.4. The lowest BCUT2D eigenvalue weighted by Gasteiger charge is -2.22. The Morgan fingerprint density at radius 3 is 2.87 bits per heavy atom. The van der Waals surface area contributed by atoms with Crippen LogP contribution in [0.5, 0.6) is 0 Å². The van der Waals surface area contributed by atoms with Crippen LogP contribution in [0.25, 0.3) is 5.69 Å². The number of nitrogens with zero attached hydrogens (tertiary/aromatic N) is 5. The molecule has 3 heterocycles. The van der Waals surface area contributed by atoms with Crippen molar-refractivity contribution in [2.24, 2.45) is 7.05 Å². The molecule has 31 heavy (non-hydrogen) atoms. The van der Waals surface area contributed by atoms with Gasteiger partial charge in [0.25, 0.3) is 5.91 Å². The molecule has 1 aliphatic rings. The molecule has 1 atom stereocenters. The van der Waals surface area contributed by atoms with Gasteiger partial charge >= 0.3 is 6.18 Å². The molecule has 0 saturated heterocycles. The Morgan fingerprint density at radius 1 is 1.32 bits per heavy atom. The summed E-state index contributed by atoms with van der Waals surface area (Å²) in [6.45, 7) is 0.299. The fourth-order valence-electron chi connectivity index (χ4n) is 3.73. The van der Waals surface area contributed by atoms with E-state index in [0.29, 0.717) is 30.8 Å². The lowest BCUT2D eigenvalue weighted by atomic mass is 9.93. The monoisotopic (exact) mass is 434 g/mol. The molecule has 0 bridgehead atoms. The summed E-state index contributed by atoms with van der Waals surface area (Å²) < 4.78 is 47.0. The second-order valence-corrected chi connectivity index (χ2v) is 7.37. The average molecular weight is 434 g/mol. The van der Waals surface area contributed by atoms with E-state index in [1.807, 2.05) is 0 Å². The highest BCUT2D eigenvalue weighted by Crippen LogP contribution is 2.32. The predicted molar refractivity (Wildman–Crippen MR) is 103 cm³/mol. The van der Waals surface area contributed by atoms with E-state index in [4.69, 9.17) is 4.74 Å². The fraction of sp³-hybridized carbons (Fsp3) is 0.400. The van der Waals surface area contributed by atoms with Crippen LogP contribution in [0, 0.1) is 0 Å². The molecule has 0 aliphatic heterocycles. The molecule has 0 unspecified atom stereocenters. The number of nitrogens with one attached hydrogen (secondary N) is 1. The molecule has 0 spiro atoms. The van der Waals surface area contributed by atoms with Crippen molar-refractivity contribution in [3.05, 3.63) is 58.9 Å². The smallest absolute Gasteiger partial charge is 0.378 e. The van der Waals surface area contributed by atoms with Crippen LogP contribution in [0.3, 0.4) is 0 Å². The van der Waals surface area contributed by atoms with Gasteiger partial charge in [-0.15, -0.1) is 0 Å². The normalized spacial score (nSPS) is 16.2. The number of ether oxygens (including phenoxy) is 1. The number of methoxy groups -OCH3 is 1. The summed E-state index contributed by atoms with van der Waals surface area (Å²) in [5.74, 6) is -0.286. The Hall–Kier alpha value is -3.21. The van der Waals surface area contributed by atoms with Crippen LogP contribution < -0.4 is 5.32 Å². The molecule has 1 aliphatic carbocycles. The van der Waals surface area contributed by atoms with Gasteiger partial charge in [0.1, 0.15) is 11.4 Å². The Labute approximate surface area is 176 Å². The molecule has 1 N–H and O–H groups in total. The molecule has 3 aromatic rings. The third-order valence-electron chi connectivity index (χ3n) is 5.16. The van der Waals surface area contributed by atoms with Crippen molar-refractivity contribution in [1.82, 2.24) is 29.9 Å². The molecule has 0 fully saturated rings. The zero-order chi connectivity index (χ0) is 22.2. The largest absolute Gasteiger partial charge is 0.433 e. The first-order valence-electron chi connectivity index (χ1n) is 9.71. The average Bonchev–Trinajstić information content (AvgIpc) is 3.32. The number of carbonyl (C=O) groups is 1. The van der Waals surface area contributed by atoms with E-state index in [1.54, 1.807) is 26.4 Å². The number of amides is 1. The summed E-state index contributed by atoms with van der Waals surface area (Å²) in [5.41, 5.74) is 1.88. The number of hydrogen-bond acceptors (Lipinski definition) is 5. The van der Waals surface area contributed by atoms with Crippen LogP contribution in [0.4, 0.5) is 13.2 Å². The van der Waals surface area contributed by atoms with Crippen molar-refractivity contribution in [3.63, 3.8) is 0 Å². The van der Waals surface area contributed by atoms with Gasteiger partial charge < -0.3 is 10.1 Å². The van der Waals surface area contributed by atoms with Crippen LogP contribution in [0.2, 0.25) is 0 Å². The lowest BCUT2D eigenvalue weighted by Crippen LogP contribution is -2.31. The Bertz CT molecular complexity index is 1100. The highest BCUT2D eigenvalue weighted by Gasteiger charge is 2.33. The zero-order valence-electron chi connectivity index (χ0n) is 17.0. The first kappa shape index (κ1) is 21.0. The Morgan fingerprint density at radius 2 is 2.13 bits per heavy atom. The number of carbonyl (C=O) groups excluding carboxylic acids is 1. The number of alkyl halides is 3. The summed E-state index contributed by atoms with van der Waals surface area (Å²) >= 11 is 0. The molecule has 8 nitrogen and oxygen atoms in total. The van der Waals surface area contributed by atoms with Crippen molar-refractivity contribution in [2.45, 2.75) is 38.1 Å². The van der Waals surface area contributed by atoms with Gasteiger partial charge in [0.05, 0.1) is 29.7 Å². The van der Waals surface area contributed by atoms with Crippen LogP contribution in [-0.2, 0) is 31.0 Å². The SMILES string of the molecule is COCc1cc(C(=O)N[C@H]2CCCc3nn(-c4ccnc(C(F)(F)F)c4)cc32)n(C)n1. The number of aromatic nitrogens is 5. The standard InChI is InChI=1S/C20H21F3N6O2/c1-28-17(8-12(26-28)11-31-2)19(30)25-15-4-3-5-16-14(15)10-29(27-16)13-6-7-24-18(9-13)20(21,22)23/h6-10,15H,3-5,11H2,1-2H3,(H,25,30)/t15-/m0/s1. The van der Waals surface area contributed by atoms with Gasteiger partial charge in [-0.3, -0.25) is 14.5 Å². The van der Waals surface area contributed by atoms with E-state index < -0.39 is 11.9 Å². The van der Waals surface area contributed by atoms with E-state index in [9.17, 15) is 18.0 Å². The zero-order valence-corrected chi connectivity index (χ0v) is 17.0. The quantitative estimate of drug-likeness (QED) is 0.667. The molecule has 3 aromatic heterocycles. The van der Waals surface area contributed by atoms with Crippen molar-refractivity contribution in [1.29, 1.82) is 0 Å². The third-order valence-corrected chi connectivity index (χ3v) is 5.16. The fourth-order valence-corrected chi connectivity index (χ4v) is 3.73. The summed E-state index contributed by atoms with van der Waals surface area (Å²) in [6.07, 6.45) is 0.447. The minimum atomic E-state index is -4.54. The van der Waals surface area contributed by atoms with Crippen LogP contribution in [-0.4, -0.2) is 37.6 Å². The number of hydrogen-bond donors (Lipinski definition) is 1.